The Hall–Kier alpha value is -4.20. The van der Waals surface area contributed by atoms with Crippen LogP contribution in [0.25, 0.3) is 11.1 Å². The van der Waals surface area contributed by atoms with Crippen LogP contribution in [0.1, 0.15) is 50.6 Å². The Labute approximate surface area is 217 Å². The number of hydrogen-bond donors (Lipinski definition) is 4. The van der Waals surface area contributed by atoms with Crippen LogP contribution >= 0.6 is 0 Å². The Morgan fingerprint density at radius 3 is 2.22 bits per heavy atom. The molecule has 1 aromatic heterocycles. The average molecular weight is 503 g/mol. The van der Waals surface area contributed by atoms with Crippen molar-refractivity contribution in [1.29, 1.82) is 0 Å². The fourth-order valence-electron chi connectivity index (χ4n) is 3.95. The van der Waals surface area contributed by atoms with Crippen LogP contribution in [0.5, 0.6) is 0 Å². The second-order valence-corrected chi connectivity index (χ2v) is 8.77. The molecule has 0 saturated carbocycles. The van der Waals surface area contributed by atoms with Crippen molar-refractivity contribution in [2.75, 3.05) is 11.9 Å². The summed E-state index contributed by atoms with van der Waals surface area (Å²) in [6, 6.07) is 21.5. The Balaban J connectivity index is 1.51. The van der Waals surface area contributed by atoms with E-state index < -0.39 is 24.0 Å². The Bertz CT molecular complexity index is 1140. The summed E-state index contributed by atoms with van der Waals surface area (Å²) in [5.41, 5.74) is 2.74. The van der Waals surface area contributed by atoms with Gasteiger partial charge in [-0.15, -0.1) is 0 Å². The standard InChI is InChI=1S/C29H34N4O4/c1-2-24(32-27(34)13-7-9-19-31-26-12-6-8-18-30-26)29(37)33-25(20-28(35)36)23-16-14-22(15-17-23)21-10-4-3-5-11-21/h3-6,8,10-12,14-18,24-25H,2,7,9,13,19-20H2,1H3,(H,30,31)(H,32,34)(H,33,37)(H,35,36)/t24-,25?/m0/s1. The molecule has 0 bridgehead atoms. The molecule has 0 aliphatic carbocycles. The zero-order chi connectivity index (χ0) is 26.5. The van der Waals surface area contributed by atoms with Crippen LogP contribution in [-0.2, 0) is 14.4 Å². The molecule has 2 amide bonds. The molecule has 2 aromatic carbocycles. The number of hydrogen-bond acceptors (Lipinski definition) is 5. The third-order valence-electron chi connectivity index (χ3n) is 5.98. The number of carbonyl (C=O) groups is 3. The molecule has 8 nitrogen and oxygen atoms in total. The molecule has 0 spiro atoms. The minimum absolute atomic E-state index is 0.207. The van der Waals surface area contributed by atoms with E-state index in [9.17, 15) is 19.5 Å². The number of carbonyl (C=O) groups excluding carboxylic acids is 2. The predicted molar refractivity (Wildman–Crippen MR) is 144 cm³/mol. The van der Waals surface area contributed by atoms with Gasteiger partial charge in [-0.2, -0.15) is 0 Å². The molecule has 37 heavy (non-hydrogen) atoms. The first kappa shape index (κ1) is 27.4. The van der Waals surface area contributed by atoms with Gasteiger partial charge in [0.2, 0.25) is 11.8 Å². The van der Waals surface area contributed by atoms with Gasteiger partial charge >= 0.3 is 5.97 Å². The highest BCUT2D eigenvalue weighted by molar-refractivity contribution is 5.88. The summed E-state index contributed by atoms with van der Waals surface area (Å²) in [5.74, 6) is -0.831. The number of carboxylic acid groups (broad SMARTS) is 1. The maximum atomic E-state index is 13.0. The van der Waals surface area contributed by atoms with Gasteiger partial charge in [-0.3, -0.25) is 14.4 Å². The van der Waals surface area contributed by atoms with Gasteiger partial charge in [0.25, 0.3) is 0 Å². The second-order valence-electron chi connectivity index (χ2n) is 8.77. The van der Waals surface area contributed by atoms with Crippen LogP contribution in [0.3, 0.4) is 0 Å². The van der Waals surface area contributed by atoms with Crippen molar-refractivity contribution in [3.63, 3.8) is 0 Å². The van der Waals surface area contributed by atoms with Crippen molar-refractivity contribution in [3.8, 4) is 11.1 Å². The topological polar surface area (TPSA) is 120 Å². The van der Waals surface area contributed by atoms with Crippen LogP contribution in [0.4, 0.5) is 5.82 Å². The number of carboxylic acids is 1. The molecular weight excluding hydrogens is 468 g/mol. The largest absolute Gasteiger partial charge is 0.481 e. The first-order valence-corrected chi connectivity index (χ1v) is 12.6. The monoisotopic (exact) mass is 502 g/mol. The lowest BCUT2D eigenvalue weighted by Gasteiger charge is -2.22. The molecule has 2 atom stereocenters. The van der Waals surface area contributed by atoms with Crippen molar-refractivity contribution in [1.82, 2.24) is 15.6 Å². The highest BCUT2D eigenvalue weighted by atomic mass is 16.4. The summed E-state index contributed by atoms with van der Waals surface area (Å²) in [6.45, 7) is 2.50. The van der Waals surface area contributed by atoms with E-state index in [2.05, 4.69) is 20.9 Å². The molecule has 3 rings (SSSR count). The quantitative estimate of drug-likeness (QED) is 0.240. The molecule has 0 aliphatic rings. The highest BCUT2D eigenvalue weighted by Crippen LogP contribution is 2.23. The van der Waals surface area contributed by atoms with Crippen molar-refractivity contribution in [2.24, 2.45) is 0 Å². The van der Waals surface area contributed by atoms with Crippen molar-refractivity contribution in [3.05, 3.63) is 84.6 Å². The first-order chi connectivity index (χ1) is 18.0. The molecule has 0 radical (unpaired) electrons. The van der Waals surface area contributed by atoms with E-state index in [-0.39, 0.29) is 12.3 Å². The third-order valence-corrected chi connectivity index (χ3v) is 5.98. The lowest BCUT2D eigenvalue weighted by atomic mass is 9.98. The summed E-state index contributed by atoms with van der Waals surface area (Å²) < 4.78 is 0. The van der Waals surface area contributed by atoms with Crippen molar-refractivity contribution in [2.45, 2.75) is 51.1 Å². The molecule has 4 N–H and O–H groups in total. The van der Waals surface area contributed by atoms with E-state index in [1.165, 1.54) is 0 Å². The second kappa shape index (κ2) is 14.4. The predicted octanol–water partition coefficient (Wildman–Crippen LogP) is 4.56. The summed E-state index contributed by atoms with van der Waals surface area (Å²) in [6.07, 6.45) is 3.60. The van der Waals surface area contributed by atoms with Crippen LogP contribution in [0.2, 0.25) is 0 Å². The number of pyridine rings is 1. The third kappa shape index (κ3) is 9.07. The summed E-state index contributed by atoms with van der Waals surface area (Å²) >= 11 is 0. The van der Waals surface area contributed by atoms with Crippen LogP contribution < -0.4 is 16.0 Å². The zero-order valence-corrected chi connectivity index (χ0v) is 21.0. The number of rotatable bonds is 14. The Kier molecular flexibility index (Phi) is 10.6. The Morgan fingerprint density at radius 2 is 1.57 bits per heavy atom. The lowest BCUT2D eigenvalue weighted by Crippen LogP contribution is -2.47. The normalized spacial score (nSPS) is 12.2. The van der Waals surface area contributed by atoms with E-state index >= 15 is 0 Å². The smallest absolute Gasteiger partial charge is 0.305 e. The number of anilines is 1. The van der Waals surface area contributed by atoms with Gasteiger partial charge in [0.1, 0.15) is 11.9 Å². The number of amides is 2. The summed E-state index contributed by atoms with van der Waals surface area (Å²) in [5, 5.41) is 18.2. The van der Waals surface area contributed by atoms with Gasteiger partial charge in [0.15, 0.2) is 0 Å². The number of nitrogens with zero attached hydrogens (tertiary/aromatic N) is 1. The number of unbranched alkanes of at least 4 members (excludes halogenated alkanes) is 1. The van der Waals surface area contributed by atoms with Crippen LogP contribution in [0.15, 0.2) is 79.0 Å². The first-order valence-electron chi connectivity index (χ1n) is 12.6. The number of benzene rings is 2. The van der Waals surface area contributed by atoms with E-state index in [1.54, 1.807) is 6.20 Å². The minimum Gasteiger partial charge on any atom is -0.481 e. The van der Waals surface area contributed by atoms with Gasteiger partial charge in [0, 0.05) is 19.2 Å². The fourth-order valence-corrected chi connectivity index (χ4v) is 3.95. The van der Waals surface area contributed by atoms with Gasteiger partial charge in [0.05, 0.1) is 12.5 Å². The van der Waals surface area contributed by atoms with E-state index in [0.29, 0.717) is 31.4 Å². The molecule has 3 aromatic rings. The summed E-state index contributed by atoms with van der Waals surface area (Å²) in [4.78, 5) is 41.1. The Morgan fingerprint density at radius 1 is 0.865 bits per heavy atom. The van der Waals surface area contributed by atoms with Gasteiger partial charge in [-0.05, 0) is 48.1 Å². The highest BCUT2D eigenvalue weighted by Gasteiger charge is 2.24. The number of aromatic nitrogens is 1. The minimum atomic E-state index is -1.02. The number of aliphatic carboxylic acids is 1. The maximum absolute atomic E-state index is 13.0. The molecule has 0 saturated heterocycles. The van der Waals surface area contributed by atoms with E-state index in [1.807, 2.05) is 79.7 Å². The molecular formula is C29H34N4O4. The van der Waals surface area contributed by atoms with Crippen molar-refractivity contribution >= 4 is 23.6 Å². The average Bonchev–Trinajstić information content (AvgIpc) is 2.92. The SMILES string of the molecule is CC[C@H](NC(=O)CCCCNc1ccccn1)C(=O)NC(CC(=O)O)c1ccc(-c2ccccc2)cc1. The van der Waals surface area contributed by atoms with Gasteiger partial charge in [-0.25, -0.2) is 4.98 Å². The molecule has 8 heteroatoms. The molecule has 0 fully saturated rings. The van der Waals surface area contributed by atoms with Gasteiger partial charge in [-0.1, -0.05) is 67.6 Å². The molecule has 194 valence electrons. The van der Waals surface area contributed by atoms with Crippen molar-refractivity contribution < 1.29 is 19.5 Å². The number of nitrogens with one attached hydrogen (secondary N) is 3. The zero-order valence-electron chi connectivity index (χ0n) is 21.0. The van der Waals surface area contributed by atoms with Crippen LogP contribution in [-0.4, -0.2) is 40.5 Å². The van der Waals surface area contributed by atoms with Crippen LogP contribution in [0, 0.1) is 0 Å². The van der Waals surface area contributed by atoms with E-state index in [4.69, 9.17) is 0 Å². The fraction of sp³-hybridized carbons (Fsp3) is 0.310. The molecule has 1 heterocycles. The van der Waals surface area contributed by atoms with E-state index in [0.717, 1.165) is 23.4 Å². The summed E-state index contributed by atoms with van der Waals surface area (Å²) in [7, 11) is 0. The molecule has 1 unspecified atom stereocenters. The van der Waals surface area contributed by atoms with Gasteiger partial charge < -0.3 is 21.1 Å². The maximum Gasteiger partial charge on any atom is 0.305 e. The molecule has 0 aliphatic heterocycles. The lowest BCUT2D eigenvalue weighted by molar-refractivity contribution is -0.138.